The van der Waals surface area contributed by atoms with Crippen molar-refractivity contribution in [2.24, 2.45) is 0 Å². The van der Waals surface area contributed by atoms with Crippen LogP contribution in [0.3, 0.4) is 0 Å². The minimum absolute atomic E-state index is 0.552. The minimum Gasteiger partial charge on any atom is -0.388 e. The van der Waals surface area contributed by atoms with Crippen molar-refractivity contribution in [1.82, 2.24) is 5.32 Å². The molecule has 0 aromatic heterocycles. The van der Waals surface area contributed by atoms with Crippen LogP contribution in [0.4, 0.5) is 0 Å². The Hall–Kier alpha value is -0.580. The van der Waals surface area contributed by atoms with Crippen molar-refractivity contribution >= 4 is 13.7 Å². The van der Waals surface area contributed by atoms with Crippen LogP contribution in [0.15, 0.2) is 0 Å². The Morgan fingerprint density at radius 1 is 1.32 bits per heavy atom. The molecule has 1 saturated heterocycles. The molecule has 19 heavy (non-hydrogen) atoms. The molecule has 10 nitrogen and oxygen atoms in total. The number of phosphoric acid groups is 1. The fourth-order valence-electron chi connectivity index (χ4n) is 1.65. The number of nitrogens with one attached hydrogen (secondary N) is 1. The zero-order chi connectivity index (χ0) is 14.8. The standard InChI is InChI=1S/C8H16NO9P/c1-3(10)9-5-7(12)6(11)4(18-8(5)13)2-17-19(14,15)16/h4-8,11-13H,2H2,1H3,(H,9,10)(H2,14,15,16)/t4-,5+,6-,7-,8?/m1/s1. The van der Waals surface area contributed by atoms with Crippen molar-refractivity contribution in [3.8, 4) is 0 Å². The third-order valence-corrected chi connectivity index (χ3v) is 2.98. The molecule has 0 bridgehead atoms. The first-order valence-electron chi connectivity index (χ1n) is 5.28. The zero-order valence-electron chi connectivity index (χ0n) is 9.91. The number of amides is 1. The molecule has 1 heterocycles. The second kappa shape index (κ2) is 6.25. The number of hydrogen-bond donors (Lipinski definition) is 6. The molecular formula is C8H16NO9P. The van der Waals surface area contributed by atoms with Gasteiger partial charge in [-0.25, -0.2) is 4.57 Å². The van der Waals surface area contributed by atoms with Gasteiger partial charge in [0.05, 0.1) is 6.61 Å². The van der Waals surface area contributed by atoms with Crippen molar-refractivity contribution in [2.45, 2.75) is 37.6 Å². The summed E-state index contributed by atoms with van der Waals surface area (Å²) >= 11 is 0. The van der Waals surface area contributed by atoms with Crippen LogP contribution in [-0.2, 0) is 18.6 Å². The van der Waals surface area contributed by atoms with Gasteiger partial charge in [-0.1, -0.05) is 0 Å². The number of rotatable bonds is 4. The van der Waals surface area contributed by atoms with E-state index in [2.05, 4.69) is 9.84 Å². The van der Waals surface area contributed by atoms with E-state index in [9.17, 15) is 24.7 Å². The Morgan fingerprint density at radius 3 is 2.37 bits per heavy atom. The van der Waals surface area contributed by atoms with Crippen LogP contribution in [0, 0.1) is 0 Å². The normalized spacial score (nSPS) is 36.0. The molecular weight excluding hydrogens is 285 g/mol. The van der Waals surface area contributed by atoms with Gasteiger partial charge in [0, 0.05) is 6.92 Å². The monoisotopic (exact) mass is 301 g/mol. The first-order valence-corrected chi connectivity index (χ1v) is 6.81. The van der Waals surface area contributed by atoms with E-state index in [-0.39, 0.29) is 0 Å². The molecule has 1 fully saturated rings. The highest BCUT2D eigenvalue weighted by Crippen LogP contribution is 2.36. The van der Waals surface area contributed by atoms with Crippen molar-refractivity contribution in [1.29, 1.82) is 0 Å². The van der Waals surface area contributed by atoms with E-state index in [0.29, 0.717) is 0 Å². The molecule has 0 saturated carbocycles. The van der Waals surface area contributed by atoms with Gasteiger partial charge >= 0.3 is 7.82 Å². The smallest absolute Gasteiger partial charge is 0.388 e. The lowest BCUT2D eigenvalue weighted by Crippen LogP contribution is -2.64. The lowest BCUT2D eigenvalue weighted by atomic mass is 9.97. The third kappa shape index (κ3) is 4.79. The van der Waals surface area contributed by atoms with Gasteiger partial charge in [-0.3, -0.25) is 9.32 Å². The fourth-order valence-corrected chi connectivity index (χ4v) is 1.99. The van der Waals surface area contributed by atoms with Gasteiger partial charge < -0.3 is 35.2 Å². The number of aliphatic hydroxyl groups excluding tert-OH is 3. The molecule has 5 atom stereocenters. The maximum atomic E-state index is 10.9. The minimum atomic E-state index is -4.76. The number of aliphatic hydroxyl groups is 3. The molecule has 0 radical (unpaired) electrons. The summed E-state index contributed by atoms with van der Waals surface area (Å²) in [6.07, 6.45) is -6.15. The average Bonchev–Trinajstić information content (AvgIpc) is 2.26. The molecule has 0 aliphatic carbocycles. The van der Waals surface area contributed by atoms with E-state index in [0.717, 1.165) is 6.92 Å². The van der Waals surface area contributed by atoms with Crippen LogP contribution in [0.25, 0.3) is 0 Å². The number of ether oxygens (including phenoxy) is 1. The maximum Gasteiger partial charge on any atom is 0.469 e. The van der Waals surface area contributed by atoms with Gasteiger partial charge in [0.25, 0.3) is 0 Å². The summed E-state index contributed by atoms with van der Waals surface area (Å²) < 4.78 is 19.5. The van der Waals surface area contributed by atoms with Crippen molar-refractivity contribution in [2.75, 3.05) is 6.61 Å². The molecule has 0 aromatic rings. The van der Waals surface area contributed by atoms with Gasteiger partial charge in [0.15, 0.2) is 6.29 Å². The predicted molar refractivity (Wildman–Crippen MR) is 58.5 cm³/mol. The molecule has 0 aromatic carbocycles. The Morgan fingerprint density at radius 2 is 1.89 bits per heavy atom. The Bertz CT molecular complexity index is 371. The summed E-state index contributed by atoms with van der Waals surface area (Å²) in [6, 6.07) is -1.25. The number of carbonyl (C=O) groups is 1. The largest absolute Gasteiger partial charge is 0.469 e. The molecule has 1 aliphatic rings. The lowest BCUT2D eigenvalue weighted by molar-refractivity contribution is -0.252. The first-order chi connectivity index (χ1) is 8.61. The molecule has 1 amide bonds. The maximum absolute atomic E-state index is 10.9. The molecule has 1 aliphatic heterocycles. The molecule has 1 rings (SSSR count). The van der Waals surface area contributed by atoms with Gasteiger partial charge in [0.1, 0.15) is 24.4 Å². The van der Waals surface area contributed by atoms with E-state index >= 15 is 0 Å². The summed E-state index contributed by atoms with van der Waals surface area (Å²) in [5, 5.41) is 31.1. The van der Waals surface area contributed by atoms with Gasteiger partial charge in [-0.05, 0) is 0 Å². The second-order valence-electron chi connectivity index (χ2n) is 4.06. The van der Waals surface area contributed by atoms with E-state index in [1.54, 1.807) is 0 Å². The first kappa shape index (κ1) is 16.5. The van der Waals surface area contributed by atoms with E-state index < -0.39 is 51.0 Å². The second-order valence-corrected chi connectivity index (χ2v) is 5.30. The van der Waals surface area contributed by atoms with E-state index in [1.807, 2.05) is 0 Å². The highest BCUT2D eigenvalue weighted by molar-refractivity contribution is 7.46. The zero-order valence-corrected chi connectivity index (χ0v) is 10.8. The summed E-state index contributed by atoms with van der Waals surface area (Å²) in [7, 11) is -4.76. The van der Waals surface area contributed by atoms with Crippen molar-refractivity contribution in [3.63, 3.8) is 0 Å². The molecule has 11 heteroatoms. The van der Waals surface area contributed by atoms with Crippen LogP contribution in [-0.4, -0.2) is 68.3 Å². The lowest BCUT2D eigenvalue weighted by Gasteiger charge is -2.40. The fraction of sp³-hybridized carbons (Fsp3) is 0.875. The highest BCUT2D eigenvalue weighted by Gasteiger charge is 2.44. The predicted octanol–water partition coefficient (Wildman–Crippen LogP) is -2.96. The SMILES string of the molecule is CC(=O)N[C@@H]1C(O)O[C@H](COP(=O)(O)O)[C@@H](O)[C@@H]1O. The highest BCUT2D eigenvalue weighted by atomic mass is 31.2. The van der Waals surface area contributed by atoms with Crippen LogP contribution in [0.1, 0.15) is 6.92 Å². The van der Waals surface area contributed by atoms with Crippen LogP contribution in [0.2, 0.25) is 0 Å². The van der Waals surface area contributed by atoms with Gasteiger partial charge in [-0.15, -0.1) is 0 Å². The van der Waals surface area contributed by atoms with Gasteiger partial charge in [0.2, 0.25) is 5.91 Å². The van der Waals surface area contributed by atoms with E-state index in [4.69, 9.17) is 14.5 Å². The summed E-state index contributed by atoms with van der Waals surface area (Å²) in [6.45, 7) is 0.418. The van der Waals surface area contributed by atoms with Crippen molar-refractivity contribution in [3.05, 3.63) is 0 Å². The van der Waals surface area contributed by atoms with E-state index in [1.165, 1.54) is 0 Å². The molecule has 1 unspecified atom stereocenters. The van der Waals surface area contributed by atoms with Crippen LogP contribution < -0.4 is 5.32 Å². The van der Waals surface area contributed by atoms with Crippen LogP contribution >= 0.6 is 7.82 Å². The average molecular weight is 301 g/mol. The Balaban J connectivity index is 2.66. The van der Waals surface area contributed by atoms with Gasteiger partial charge in [-0.2, -0.15) is 0 Å². The summed E-state index contributed by atoms with van der Waals surface area (Å²) in [5.41, 5.74) is 0. The number of phosphoric ester groups is 1. The topological polar surface area (TPSA) is 166 Å². The Kier molecular flexibility index (Phi) is 5.42. The number of carbonyl (C=O) groups excluding carboxylic acids is 1. The summed E-state index contributed by atoms with van der Waals surface area (Å²) in [4.78, 5) is 27.9. The Labute approximate surface area is 108 Å². The quantitative estimate of drug-likeness (QED) is 0.297. The molecule has 112 valence electrons. The molecule has 0 spiro atoms. The molecule has 6 N–H and O–H groups in total. The van der Waals surface area contributed by atoms with Crippen molar-refractivity contribution < 1.29 is 43.7 Å². The summed E-state index contributed by atoms with van der Waals surface area (Å²) in [5.74, 6) is -0.552. The van der Waals surface area contributed by atoms with Crippen LogP contribution in [0.5, 0.6) is 0 Å². The number of hydrogen-bond acceptors (Lipinski definition) is 7. The third-order valence-electron chi connectivity index (χ3n) is 2.50.